The zero-order valence-electron chi connectivity index (χ0n) is 16.1. The summed E-state index contributed by atoms with van der Waals surface area (Å²) in [6, 6.07) is 22.5. The highest BCUT2D eigenvalue weighted by molar-refractivity contribution is 5.99. The Bertz CT molecular complexity index is 987. The van der Waals surface area contributed by atoms with Gasteiger partial charge in [-0.15, -0.1) is 0 Å². The van der Waals surface area contributed by atoms with Crippen molar-refractivity contribution in [2.24, 2.45) is 0 Å². The van der Waals surface area contributed by atoms with E-state index in [0.29, 0.717) is 22.7 Å². The molecule has 6 heteroatoms. The molecular formula is C23H21NO5. The molecule has 0 saturated carbocycles. The summed E-state index contributed by atoms with van der Waals surface area (Å²) in [4.78, 5) is 25.7. The van der Waals surface area contributed by atoms with Crippen molar-refractivity contribution in [3.05, 3.63) is 90.0 Å². The second-order valence-electron chi connectivity index (χ2n) is 6.12. The molecule has 0 heterocycles. The van der Waals surface area contributed by atoms with Gasteiger partial charge in [0.05, 0.1) is 14.2 Å². The molecule has 0 aliphatic rings. The zero-order valence-corrected chi connectivity index (χ0v) is 16.1. The van der Waals surface area contributed by atoms with Gasteiger partial charge in [0.2, 0.25) is 6.10 Å². The second-order valence-corrected chi connectivity index (χ2v) is 6.12. The second kappa shape index (κ2) is 9.41. The van der Waals surface area contributed by atoms with E-state index in [2.05, 4.69) is 5.32 Å². The van der Waals surface area contributed by atoms with E-state index < -0.39 is 18.0 Å². The van der Waals surface area contributed by atoms with E-state index in [-0.39, 0.29) is 5.56 Å². The summed E-state index contributed by atoms with van der Waals surface area (Å²) < 4.78 is 16.0. The number of hydrogen-bond acceptors (Lipinski definition) is 5. The van der Waals surface area contributed by atoms with E-state index in [9.17, 15) is 9.59 Å². The number of para-hydroxylation sites is 1. The van der Waals surface area contributed by atoms with Gasteiger partial charge in [-0.2, -0.15) is 0 Å². The lowest BCUT2D eigenvalue weighted by Gasteiger charge is -2.19. The lowest BCUT2D eigenvalue weighted by atomic mass is 10.1. The number of hydrogen-bond donors (Lipinski definition) is 1. The number of rotatable bonds is 7. The minimum Gasteiger partial charge on any atom is -0.497 e. The smallest absolute Gasteiger partial charge is 0.343 e. The molecule has 0 bridgehead atoms. The molecule has 0 aliphatic carbocycles. The van der Waals surface area contributed by atoms with E-state index >= 15 is 0 Å². The Morgan fingerprint density at radius 3 is 2.28 bits per heavy atom. The fraction of sp³-hybridized carbons (Fsp3) is 0.130. The van der Waals surface area contributed by atoms with Crippen LogP contribution in [0.25, 0.3) is 0 Å². The van der Waals surface area contributed by atoms with Crippen LogP contribution in [0.1, 0.15) is 22.0 Å². The first kappa shape index (κ1) is 19.9. The summed E-state index contributed by atoms with van der Waals surface area (Å²) in [5.41, 5.74) is 1.32. The summed E-state index contributed by atoms with van der Waals surface area (Å²) in [5.74, 6) is -0.160. The Labute approximate surface area is 169 Å². The zero-order chi connectivity index (χ0) is 20.6. The maximum absolute atomic E-state index is 13.0. The summed E-state index contributed by atoms with van der Waals surface area (Å²) >= 11 is 0. The van der Waals surface area contributed by atoms with Gasteiger partial charge < -0.3 is 19.5 Å². The minimum atomic E-state index is -1.14. The molecule has 1 N–H and O–H groups in total. The average Bonchev–Trinajstić information content (AvgIpc) is 2.77. The Morgan fingerprint density at radius 1 is 0.828 bits per heavy atom. The highest BCUT2D eigenvalue weighted by Crippen LogP contribution is 2.25. The van der Waals surface area contributed by atoms with Crippen LogP contribution in [0, 0.1) is 0 Å². The molecule has 1 amide bonds. The fourth-order valence-electron chi connectivity index (χ4n) is 2.79. The summed E-state index contributed by atoms with van der Waals surface area (Å²) in [6.45, 7) is 0. The van der Waals surface area contributed by atoms with Crippen LogP contribution in [0.2, 0.25) is 0 Å². The molecule has 0 fully saturated rings. The van der Waals surface area contributed by atoms with Crippen molar-refractivity contribution in [1.29, 1.82) is 0 Å². The standard InChI is InChI=1S/C23H21NO5/c1-27-18-12-8-11-17(15-18)24-22(25)21(16-9-4-3-5-10-16)29-23(26)19-13-6-7-14-20(19)28-2/h3-15,21H,1-2H3,(H,24,25)/t21-/m0/s1. The highest BCUT2D eigenvalue weighted by atomic mass is 16.6. The quantitative estimate of drug-likeness (QED) is 0.610. The van der Waals surface area contributed by atoms with Gasteiger partial charge in [0.15, 0.2) is 0 Å². The van der Waals surface area contributed by atoms with Crippen molar-refractivity contribution < 1.29 is 23.8 Å². The van der Waals surface area contributed by atoms with Gasteiger partial charge in [-0.1, -0.05) is 48.5 Å². The molecular weight excluding hydrogens is 370 g/mol. The molecule has 0 aromatic heterocycles. The van der Waals surface area contributed by atoms with Crippen LogP contribution in [0.5, 0.6) is 11.5 Å². The third kappa shape index (κ3) is 4.93. The normalized spacial score (nSPS) is 11.2. The Kier molecular flexibility index (Phi) is 6.47. The summed E-state index contributed by atoms with van der Waals surface area (Å²) in [5, 5.41) is 2.77. The van der Waals surface area contributed by atoms with Crippen molar-refractivity contribution in [1.82, 2.24) is 0 Å². The predicted molar refractivity (Wildman–Crippen MR) is 109 cm³/mol. The number of benzene rings is 3. The SMILES string of the molecule is COc1cccc(NC(=O)[C@@H](OC(=O)c2ccccc2OC)c2ccccc2)c1. The molecule has 0 unspecified atom stereocenters. The number of carbonyl (C=O) groups excluding carboxylic acids is 2. The molecule has 3 aromatic carbocycles. The van der Waals surface area contributed by atoms with Crippen LogP contribution in [0.4, 0.5) is 5.69 Å². The molecule has 0 aliphatic heterocycles. The van der Waals surface area contributed by atoms with Crippen molar-refractivity contribution in [2.75, 3.05) is 19.5 Å². The van der Waals surface area contributed by atoms with Crippen LogP contribution in [-0.4, -0.2) is 26.1 Å². The van der Waals surface area contributed by atoms with Crippen LogP contribution in [0.3, 0.4) is 0 Å². The highest BCUT2D eigenvalue weighted by Gasteiger charge is 2.27. The maximum Gasteiger partial charge on any atom is 0.343 e. The maximum atomic E-state index is 13.0. The average molecular weight is 391 g/mol. The van der Waals surface area contributed by atoms with Gasteiger partial charge in [0.25, 0.3) is 5.91 Å². The fourth-order valence-corrected chi connectivity index (χ4v) is 2.79. The summed E-state index contributed by atoms with van der Waals surface area (Å²) in [7, 11) is 3.01. The lowest BCUT2D eigenvalue weighted by molar-refractivity contribution is -0.125. The third-order valence-corrected chi connectivity index (χ3v) is 4.23. The van der Waals surface area contributed by atoms with Crippen LogP contribution < -0.4 is 14.8 Å². The van der Waals surface area contributed by atoms with Gasteiger partial charge in [-0.05, 0) is 24.3 Å². The number of nitrogens with one attached hydrogen (secondary N) is 1. The van der Waals surface area contributed by atoms with Gasteiger partial charge >= 0.3 is 5.97 Å². The molecule has 3 rings (SSSR count). The van der Waals surface area contributed by atoms with E-state index in [0.717, 1.165) is 0 Å². The molecule has 0 spiro atoms. The third-order valence-electron chi connectivity index (χ3n) is 4.23. The van der Waals surface area contributed by atoms with Gasteiger partial charge in [-0.25, -0.2) is 4.79 Å². The van der Waals surface area contributed by atoms with E-state index in [1.54, 1.807) is 79.9 Å². The first-order valence-corrected chi connectivity index (χ1v) is 8.96. The van der Waals surface area contributed by atoms with Crippen molar-refractivity contribution >= 4 is 17.6 Å². The molecule has 6 nitrogen and oxygen atoms in total. The molecule has 148 valence electrons. The van der Waals surface area contributed by atoms with Gasteiger partial charge in [0, 0.05) is 17.3 Å². The number of carbonyl (C=O) groups is 2. The van der Waals surface area contributed by atoms with Crippen LogP contribution in [-0.2, 0) is 9.53 Å². The predicted octanol–water partition coefficient (Wildman–Crippen LogP) is 4.24. The first-order valence-electron chi connectivity index (χ1n) is 8.96. The Hall–Kier alpha value is -3.80. The minimum absolute atomic E-state index is 0.241. The molecule has 29 heavy (non-hydrogen) atoms. The van der Waals surface area contributed by atoms with E-state index in [1.165, 1.54) is 7.11 Å². The van der Waals surface area contributed by atoms with E-state index in [4.69, 9.17) is 14.2 Å². The Balaban J connectivity index is 1.86. The largest absolute Gasteiger partial charge is 0.497 e. The monoisotopic (exact) mass is 391 g/mol. The number of amides is 1. The Morgan fingerprint density at radius 2 is 1.55 bits per heavy atom. The first-order chi connectivity index (χ1) is 14.1. The summed E-state index contributed by atoms with van der Waals surface area (Å²) in [6.07, 6.45) is -1.14. The topological polar surface area (TPSA) is 73.9 Å². The van der Waals surface area contributed by atoms with Crippen LogP contribution >= 0.6 is 0 Å². The van der Waals surface area contributed by atoms with Crippen molar-refractivity contribution in [2.45, 2.75) is 6.10 Å². The number of methoxy groups -OCH3 is 2. The number of esters is 1. The van der Waals surface area contributed by atoms with Crippen molar-refractivity contribution in [3.63, 3.8) is 0 Å². The van der Waals surface area contributed by atoms with Gasteiger partial charge in [0.1, 0.15) is 17.1 Å². The molecule has 0 radical (unpaired) electrons. The van der Waals surface area contributed by atoms with Crippen LogP contribution in [0.15, 0.2) is 78.9 Å². The molecule has 1 atom stereocenters. The lowest BCUT2D eigenvalue weighted by Crippen LogP contribution is -2.26. The van der Waals surface area contributed by atoms with Crippen molar-refractivity contribution in [3.8, 4) is 11.5 Å². The number of ether oxygens (including phenoxy) is 3. The molecule has 0 saturated heterocycles. The number of anilines is 1. The van der Waals surface area contributed by atoms with E-state index in [1.807, 2.05) is 6.07 Å². The van der Waals surface area contributed by atoms with Gasteiger partial charge in [-0.3, -0.25) is 4.79 Å². The molecule has 3 aromatic rings.